The summed E-state index contributed by atoms with van der Waals surface area (Å²) in [4.78, 5) is 11.4. The lowest BCUT2D eigenvalue weighted by Crippen LogP contribution is -2.19. The highest BCUT2D eigenvalue weighted by atomic mass is 16.4. The number of hydrogen-bond donors (Lipinski definition) is 1. The summed E-state index contributed by atoms with van der Waals surface area (Å²) >= 11 is 0. The molecule has 0 spiro atoms. The summed E-state index contributed by atoms with van der Waals surface area (Å²) < 4.78 is 4.81. The van der Waals surface area contributed by atoms with Crippen molar-refractivity contribution in [3.63, 3.8) is 0 Å². The quantitative estimate of drug-likeness (QED) is 0.621. The Labute approximate surface area is 97.4 Å². The number of nitrogens with zero attached hydrogens (tertiary/aromatic N) is 3. The number of hydrogen-bond acceptors (Lipinski definition) is 5. The Morgan fingerprint density at radius 3 is 2.94 bits per heavy atom. The second-order valence-corrected chi connectivity index (χ2v) is 3.23. The van der Waals surface area contributed by atoms with Crippen molar-refractivity contribution < 1.29 is 9.21 Å². The van der Waals surface area contributed by atoms with Gasteiger partial charge in [-0.1, -0.05) is 30.3 Å². The lowest BCUT2D eigenvalue weighted by atomic mass is 10.1. The number of aromatic nitrogens is 2. The number of nitrogens with one attached hydrogen (secondary N) is 1. The van der Waals surface area contributed by atoms with Crippen LogP contribution in [0.15, 0.2) is 46.2 Å². The fourth-order valence-corrected chi connectivity index (χ4v) is 1.22. The van der Waals surface area contributed by atoms with Crippen LogP contribution in [0.1, 0.15) is 11.5 Å². The minimum atomic E-state index is -0.202. The van der Waals surface area contributed by atoms with Gasteiger partial charge in [0.15, 0.2) is 0 Å². The van der Waals surface area contributed by atoms with Crippen LogP contribution in [0.2, 0.25) is 0 Å². The van der Waals surface area contributed by atoms with Gasteiger partial charge in [-0.15, -0.1) is 10.2 Å². The van der Waals surface area contributed by atoms with Crippen LogP contribution in [0.3, 0.4) is 0 Å². The number of rotatable bonds is 4. The smallest absolute Gasteiger partial charge is 0.260 e. The Kier molecular flexibility index (Phi) is 3.59. The zero-order valence-electron chi connectivity index (χ0n) is 8.91. The maximum absolute atomic E-state index is 11.4. The van der Waals surface area contributed by atoms with Gasteiger partial charge in [0.2, 0.25) is 12.3 Å². The minimum absolute atomic E-state index is 0.202. The van der Waals surface area contributed by atoms with Gasteiger partial charge in [0, 0.05) is 0 Å². The molecule has 1 amide bonds. The fraction of sp³-hybridized carbons (Fsp3) is 0.0909. The van der Waals surface area contributed by atoms with Crippen molar-refractivity contribution in [1.82, 2.24) is 15.6 Å². The predicted octanol–water partition coefficient (Wildman–Crippen LogP) is 0.762. The third-order valence-corrected chi connectivity index (χ3v) is 1.95. The van der Waals surface area contributed by atoms with E-state index < -0.39 is 0 Å². The molecule has 1 aromatic carbocycles. The van der Waals surface area contributed by atoms with Gasteiger partial charge < -0.3 is 4.42 Å². The molecule has 0 aliphatic rings. The lowest BCUT2D eigenvalue weighted by molar-refractivity contribution is -0.120. The highest BCUT2D eigenvalue weighted by Gasteiger charge is 2.00. The Bertz CT molecular complexity index is 493. The first-order chi connectivity index (χ1) is 8.34. The molecule has 0 fully saturated rings. The van der Waals surface area contributed by atoms with E-state index in [1.165, 1.54) is 12.6 Å². The molecule has 0 saturated heterocycles. The van der Waals surface area contributed by atoms with Crippen LogP contribution < -0.4 is 5.43 Å². The van der Waals surface area contributed by atoms with Gasteiger partial charge in [-0.2, -0.15) is 5.10 Å². The lowest BCUT2D eigenvalue weighted by Gasteiger charge is -1.98. The summed E-state index contributed by atoms with van der Waals surface area (Å²) in [5.41, 5.74) is 3.30. The van der Waals surface area contributed by atoms with Crippen molar-refractivity contribution in [2.45, 2.75) is 6.42 Å². The highest BCUT2D eigenvalue weighted by molar-refractivity contribution is 5.80. The van der Waals surface area contributed by atoms with Crippen molar-refractivity contribution in [3.05, 3.63) is 48.2 Å². The summed E-state index contributed by atoms with van der Waals surface area (Å²) in [6.45, 7) is 0. The van der Waals surface area contributed by atoms with Gasteiger partial charge in [-0.25, -0.2) is 5.43 Å². The topological polar surface area (TPSA) is 80.4 Å². The summed E-state index contributed by atoms with van der Waals surface area (Å²) in [5.74, 6) is 0.0389. The van der Waals surface area contributed by atoms with Crippen LogP contribution in [0.4, 0.5) is 0 Å². The number of carbonyl (C=O) groups is 1. The Balaban J connectivity index is 1.82. The van der Waals surface area contributed by atoms with Crippen LogP contribution in [0.25, 0.3) is 0 Å². The van der Waals surface area contributed by atoms with Gasteiger partial charge in [-0.3, -0.25) is 4.79 Å². The first-order valence-electron chi connectivity index (χ1n) is 4.96. The van der Waals surface area contributed by atoms with Crippen LogP contribution in [0.5, 0.6) is 0 Å². The molecule has 6 heteroatoms. The third kappa shape index (κ3) is 3.53. The number of carbonyl (C=O) groups excluding carboxylic acids is 1. The summed E-state index contributed by atoms with van der Waals surface area (Å²) in [6.07, 6.45) is 2.76. The molecule has 1 N–H and O–H groups in total. The number of hydrazone groups is 1. The van der Waals surface area contributed by atoms with Crippen LogP contribution >= 0.6 is 0 Å². The molecule has 0 bridgehead atoms. The Hall–Kier alpha value is -2.50. The van der Waals surface area contributed by atoms with Gasteiger partial charge in [-0.05, 0) is 5.56 Å². The molecule has 1 aromatic heterocycles. The summed E-state index contributed by atoms with van der Waals surface area (Å²) in [5, 5.41) is 10.7. The van der Waals surface area contributed by atoms with E-state index in [9.17, 15) is 4.79 Å². The van der Waals surface area contributed by atoms with E-state index in [-0.39, 0.29) is 18.2 Å². The van der Waals surface area contributed by atoms with E-state index >= 15 is 0 Å². The first kappa shape index (κ1) is 11.0. The number of amides is 1. The zero-order valence-corrected chi connectivity index (χ0v) is 8.91. The molecule has 86 valence electrons. The standard InChI is InChI=1S/C11H10N4O2/c16-10(6-9-4-2-1-3-5-9)14-12-7-11-15-13-8-17-11/h1-5,7-8H,6H2,(H,14,16). The molecule has 6 nitrogen and oxygen atoms in total. The molecule has 0 aliphatic carbocycles. The van der Waals surface area contributed by atoms with Gasteiger partial charge in [0.25, 0.3) is 5.89 Å². The van der Waals surface area contributed by atoms with Crippen molar-refractivity contribution >= 4 is 12.1 Å². The molecule has 0 saturated carbocycles. The average molecular weight is 230 g/mol. The normalized spacial score (nSPS) is 10.6. The molecule has 1 heterocycles. The first-order valence-corrected chi connectivity index (χ1v) is 4.96. The minimum Gasteiger partial charge on any atom is -0.423 e. The number of benzene rings is 1. The highest BCUT2D eigenvalue weighted by Crippen LogP contribution is 1.98. The van der Waals surface area contributed by atoms with E-state index in [1.54, 1.807) is 0 Å². The Morgan fingerprint density at radius 1 is 1.41 bits per heavy atom. The van der Waals surface area contributed by atoms with Crippen molar-refractivity contribution in [2.24, 2.45) is 5.10 Å². The molecule has 17 heavy (non-hydrogen) atoms. The summed E-state index contributed by atoms with van der Waals surface area (Å²) in [7, 11) is 0. The molecule has 2 aromatic rings. The second-order valence-electron chi connectivity index (χ2n) is 3.23. The molecular weight excluding hydrogens is 220 g/mol. The van der Waals surface area contributed by atoms with Crippen molar-refractivity contribution in [1.29, 1.82) is 0 Å². The third-order valence-electron chi connectivity index (χ3n) is 1.95. The van der Waals surface area contributed by atoms with E-state index in [1.807, 2.05) is 30.3 Å². The Morgan fingerprint density at radius 2 is 2.24 bits per heavy atom. The summed E-state index contributed by atoms with van der Waals surface area (Å²) in [6, 6.07) is 9.41. The molecule has 0 radical (unpaired) electrons. The van der Waals surface area contributed by atoms with E-state index in [4.69, 9.17) is 4.42 Å². The molecule has 2 rings (SSSR count). The van der Waals surface area contributed by atoms with E-state index in [0.29, 0.717) is 0 Å². The monoisotopic (exact) mass is 230 g/mol. The molecule has 0 aliphatic heterocycles. The van der Waals surface area contributed by atoms with E-state index in [0.717, 1.165) is 5.56 Å². The van der Waals surface area contributed by atoms with E-state index in [2.05, 4.69) is 20.7 Å². The van der Waals surface area contributed by atoms with Crippen molar-refractivity contribution in [2.75, 3.05) is 0 Å². The second kappa shape index (κ2) is 5.55. The zero-order chi connectivity index (χ0) is 11.9. The van der Waals surface area contributed by atoms with Crippen LogP contribution in [0, 0.1) is 0 Å². The van der Waals surface area contributed by atoms with Crippen molar-refractivity contribution in [3.8, 4) is 0 Å². The maximum atomic E-state index is 11.4. The fourth-order valence-electron chi connectivity index (χ4n) is 1.22. The van der Waals surface area contributed by atoms with Gasteiger partial charge in [0.05, 0.1) is 6.42 Å². The van der Waals surface area contributed by atoms with Gasteiger partial charge in [0.1, 0.15) is 6.21 Å². The van der Waals surface area contributed by atoms with Crippen LogP contribution in [-0.4, -0.2) is 22.3 Å². The molecular formula is C11H10N4O2. The average Bonchev–Trinajstić information content (AvgIpc) is 2.83. The van der Waals surface area contributed by atoms with Crippen LogP contribution in [-0.2, 0) is 11.2 Å². The maximum Gasteiger partial charge on any atom is 0.260 e. The SMILES string of the molecule is O=C(Cc1ccccc1)NN=Cc1nnco1. The molecule has 0 atom stereocenters. The van der Waals surface area contributed by atoms with Gasteiger partial charge >= 0.3 is 0 Å². The predicted molar refractivity (Wildman–Crippen MR) is 60.2 cm³/mol. The molecule has 0 unspecified atom stereocenters. The largest absolute Gasteiger partial charge is 0.423 e.